The number of rotatable bonds is 6. The molecule has 2 aromatic carbocycles. The second-order valence-corrected chi connectivity index (χ2v) is 6.75. The van der Waals surface area contributed by atoms with Crippen LogP contribution < -0.4 is 10.6 Å². The third kappa shape index (κ3) is 5.05. The fraction of sp³-hybridized carbons (Fsp3) is 0.190. The molecule has 0 aliphatic heterocycles. The molecular weight excluding hydrogens is 360 g/mol. The van der Waals surface area contributed by atoms with Crippen LogP contribution in [-0.4, -0.2) is 22.4 Å². The number of nitrogens with zero attached hydrogens (tertiary/aromatic N) is 2. The van der Waals surface area contributed by atoms with E-state index in [1.807, 2.05) is 56.3 Å². The van der Waals surface area contributed by atoms with Crippen molar-refractivity contribution >= 4 is 29.0 Å². The first-order valence-electron chi connectivity index (χ1n) is 8.71. The zero-order chi connectivity index (χ0) is 19.2. The first-order chi connectivity index (χ1) is 13.0. The van der Waals surface area contributed by atoms with Crippen molar-refractivity contribution in [1.82, 2.24) is 15.3 Å². The van der Waals surface area contributed by atoms with Gasteiger partial charge in [0.25, 0.3) is 5.91 Å². The predicted molar refractivity (Wildman–Crippen MR) is 109 cm³/mol. The van der Waals surface area contributed by atoms with Gasteiger partial charge in [0.05, 0.1) is 12.4 Å². The minimum absolute atomic E-state index is 0.247. The molecule has 0 atom stereocenters. The third-order valence-electron chi connectivity index (χ3n) is 4.21. The van der Waals surface area contributed by atoms with Crippen LogP contribution in [0.5, 0.6) is 0 Å². The lowest BCUT2D eigenvalue weighted by Crippen LogP contribution is -2.26. The Labute approximate surface area is 163 Å². The van der Waals surface area contributed by atoms with Crippen molar-refractivity contribution in [2.75, 3.05) is 11.9 Å². The van der Waals surface area contributed by atoms with E-state index < -0.39 is 0 Å². The molecule has 0 fully saturated rings. The van der Waals surface area contributed by atoms with E-state index in [4.69, 9.17) is 11.6 Å². The van der Waals surface area contributed by atoms with Gasteiger partial charge in [0, 0.05) is 17.3 Å². The van der Waals surface area contributed by atoms with Crippen LogP contribution in [-0.2, 0) is 6.42 Å². The SMILES string of the molecule is Cc1cccc(C)c1Nc1cnc(C(=O)NCCc2cccc(Cl)c2)cn1. The van der Waals surface area contributed by atoms with Crippen LogP contribution in [0.25, 0.3) is 0 Å². The van der Waals surface area contributed by atoms with Gasteiger partial charge in [-0.2, -0.15) is 0 Å². The van der Waals surface area contributed by atoms with Gasteiger partial charge in [0.2, 0.25) is 0 Å². The summed E-state index contributed by atoms with van der Waals surface area (Å²) < 4.78 is 0. The monoisotopic (exact) mass is 380 g/mol. The summed E-state index contributed by atoms with van der Waals surface area (Å²) >= 11 is 5.96. The summed E-state index contributed by atoms with van der Waals surface area (Å²) in [7, 11) is 0. The molecule has 0 saturated carbocycles. The fourth-order valence-electron chi connectivity index (χ4n) is 2.75. The van der Waals surface area contributed by atoms with Crippen LogP contribution in [0.4, 0.5) is 11.5 Å². The van der Waals surface area contributed by atoms with Gasteiger partial charge >= 0.3 is 0 Å². The molecule has 6 heteroatoms. The molecule has 1 amide bonds. The molecule has 0 saturated heterocycles. The van der Waals surface area contributed by atoms with Gasteiger partial charge in [-0.15, -0.1) is 0 Å². The third-order valence-corrected chi connectivity index (χ3v) is 4.44. The Kier molecular flexibility index (Phi) is 6.04. The van der Waals surface area contributed by atoms with Crippen LogP contribution >= 0.6 is 11.6 Å². The molecule has 1 aromatic heterocycles. The fourth-order valence-corrected chi connectivity index (χ4v) is 2.97. The van der Waals surface area contributed by atoms with E-state index in [2.05, 4.69) is 20.6 Å². The second kappa shape index (κ2) is 8.64. The predicted octanol–water partition coefficient (Wildman–Crippen LogP) is 4.46. The van der Waals surface area contributed by atoms with E-state index >= 15 is 0 Å². The van der Waals surface area contributed by atoms with Gasteiger partial charge in [-0.25, -0.2) is 9.97 Å². The zero-order valence-corrected chi connectivity index (χ0v) is 16.0. The molecule has 27 heavy (non-hydrogen) atoms. The number of carbonyl (C=O) groups is 1. The van der Waals surface area contributed by atoms with Crippen molar-refractivity contribution < 1.29 is 4.79 Å². The van der Waals surface area contributed by atoms with Crippen LogP contribution in [0.15, 0.2) is 54.9 Å². The van der Waals surface area contributed by atoms with Crippen molar-refractivity contribution in [3.05, 3.63) is 82.3 Å². The minimum Gasteiger partial charge on any atom is -0.350 e. The molecule has 0 unspecified atom stereocenters. The summed E-state index contributed by atoms with van der Waals surface area (Å²) in [5.74, 6) is 0.353. The quantitative estimate of drug-likeness (QED) is 0.662. The number of halogens is 1. The number of carbonyl (C=O) groups excluding carboxylic acids is 1. The second-order valence-electron chi connectivity index (χ2n) is 6.31. The summed E-state index contributed by atoms with van der Waals surface area (Å²) in [5.41, 5.74) is 4.61. The summed E-state index contributed by atoms with van der Waals surface area (Å²) in [6.45, 7) is 4.57. The van der Waals surface area contributed by atoms with Gasteiger partial charge < -0.3 is 10.6 Å². The average molecular weight is 381 g/mol. The number of aryl methyl sites for hydroxylation is 2. The van der Waals surface area contributed by atoms with E-state index in [0.29, 0.717) is 23.8 Å². The highest BCUT2D eigenvalue weighted by molar-refractivity contribution is 6.30. The number of para-hydroxylation sites is 1. The number of aromatic nitrogens is 2. The van der Waals surface area contributed by atoms with Crippen molar-refractivity contribution in [2.45, 2.75) is 20.3 Å². The molecule has 0 bridgehead atoms. The van der Waals surface area contributed by atoms with Gasteiger partial charge in [-0.05, 0) is 49.1 Å². The summed E-state index contributed by atoms with van der Waals surface area (Å²) in [6.07, 6.45) is 3.74. The smallest absolute Gasteiger partial charge is 0.271 e. The van der Waals surface area contributed by atoms with E-state index in [-0.39, 0.29) is 11.6 Å². The minimum atomic E-state index is -0.247. The lowest BCUT2D eigenvalue weighted by atomic mass is 10.1. The molecule has 0 aliphatic carbocycles. The molecule has 5 nitrogen and oxygen atoms in total. The molecule has 138 valence electrons. The van der Waals surface area contributed by atoms with E-state index in [0.717, 1.165) is 22.4 Å². The first kappa shape index (κ1) is 18.9. The van der Waals surface area contributed by atoms with E-state index in [1.54, 1.807) is 6.20 Å². The maximum Gasteiger partial charge on any atom is 0.271 e. The standard InChI is InChI=1S/C21H21ClN4O/c1-14-5-3-6-15(2)20(14)26-19-13-24-18(12-25-19)21(27)23-10-9-16-7-4-8-17(22)11-16/h3-8,11-13H,9-10H2,1-2H3,(H,23,27)(H,25,26). The molecule has 1 heterocycles. The molecular formula is C21H21ClN4O. The maximum atomic E-state index is 12.2. The highest BCUT2D eigenvalue weighted by atomic mass is 35.5. The number of amides is 1. The highest BCUT2D eigenvalue weighted by Crippen LogP contribution is 2.22. The zero-order valence-electron chi connectivity index (χ0n) is 15.3. The molecule has 0 aliphatic rings. The summed E-state index contributed by atoms with van der Waals surface area (Å²) in [5, 5.41) is 6.80. The van der Waals surface area contributed by atoms with Crippen molar-refractivity contribution in [1.29, 1.82) is 0 Å². The van der Waals surface area contributed by atoms with Gasteiger partial charge in [-0.3, -0.25) is 4.79 Å². The average Bonchev–Trinajstić information content (AvgIpc) is 2.65. The Morgan fingerprint density at radius 3 is 2.44 bits per heavy atom. The largest absolute Gasteiger partial charge is 0.350 e. The summed E-state index contributed by atoms with van der Waals surface area (Å²) in [6, 6.07) is 13.7. The van der Waals surface area contributed by atoms with Crippen LogP contribution in [0, 0.1) is 13.8 Å². The molecule has 0 spiro atoms. The van der Waals surface area contributed by atoms with Crippen molar-refractivity contribution in [3.63, 3.8) is 0 Å². The van der Waals surface area contributed by atoms with E-state index in [1.165, 1.54) is 6.20 Å². The Morgan fingerprint density at radius 2 is 1.78 bits per heavy atom. The normalized spacial score (nSPS) is 10.5. The molecule has 3 aromatic rings. The molecule has 0 radical (unpaired) electrons. The van der Waals surface area contributed by atoms with Gasteiger partial charge in [0.15, 0.2) is 0 Å². The lowest BCUT2D eigenvalue weighted by Gasteiger charge is -2.12. The topological polar surface area (TPSA) is 66.9 Å². The van der Waals surface area contributed by atoms with E-state index in [9.17, 15) is 4.79 Å². The van der Waals surface area contributed by atoms with Crippen molar-refractivity contribution in [3.8, 4) is 0 Å². The van der Waals surface area contributed by atoms with Crippen LogP contribution in [0.3, 0.4) is 0 Å². The first-order valence-corrected chi connectivity index (χ1v) is 9.08. The molecule has 3 rings (SSSR count). The summed E-state index contributed by atoms with van der Waals surface area (Å²) in [4.78, 5) is 20.7. The highest BCUT2D eigenvalue weighted by Gasteiger charge is 2.09. The van der Waals surface area contributed by atoms with Crippen LogP contribution in [0.2, 0.25) is 5.02 Å². The number of nitrogens with one attached hydrogen (secondary N) is 2. The Balaban J connectivity index is 1.57. The number of hydrogen-bond donors (Lipinski definition) is 2. The van der Waals surface area contributed by atoms with Crippen LogP contribution in [0.1, 0.15) is 27.2 Å². The van der Waals surface area contributed by atoms with Gasteiger partial charge in [0.1, 0.15) is 11.5 Å². The lowest BCUT2D eigenvalue weighted by molar-refractivity contribution is 0.0949. The number of hydrogen-bond acceptors (Lipinski definition) is 4. The Morgan fingerprint density at radius 1 is 1.04 bits per heavy atom. The van der Waals surface area contributed by atoms with Gasteiger partial charge in [-0.1, -0.05) is 41.9 Å². The Bertz CT molecular complexity index is 921. The van der Waals surface area contributed by atoms with Crippen molar-refractivity contribution in [2.24, 2.45) is 0 Å². The number of benzene rings is 2. The molecule has 2 N–H and O–H groups in total. The number of anilines is 2. The Hall–Kier alpha value is -2.92. The maximum absolute atomic E-state index is 12.2.